The highest BCUT2D eigenvalue weighted by molar-refractivity contribution is 5.75. The second kappa shape index (κ2) is 7.32. The molecule has 2 amide bonds. The number of hydrogen-bond acceptors (Lipinski definition) is 3. The van der Waals surface area contributed by atoms with Crippen LogP contribution in [0.1, 0.15) is 18.0 Å². The number of aliphatic hydroxyl groups is 1. The van der Waals surface area contributed by atoms with E-state index in [1.54, 1.807) is 6.07 Å². The molecular weight excluding hydrogens is 255 g/mol. The van der Waals surface area contributed by atoms with Gasteiger partial charge in [-0.25, -0.2) is 9.18 Å². The van der Waals surface area contributed by atoms with Crippen molar-refractivity contribution in [2.45, 2.75) is 12.5 Å². The van der Waals surface area contributed by atoms with Crippen LogP contribution in [0.4, 0.5) is 9.18 Å². The number of benzene rings is 1. The van der Waals surface area contributed by atoms with Gasteiger partial charge in [-0.15, -0.1) is 0 Å². The third-order valence-corrected chi connectivity index (χ3v) is 2.36. The summed E-state index contributed by atoms with van der Waals surface area (Å²) in [5, 5.41) is 22.3. The van der Waals surface area contributed by atoms with Crippen molar-refractivity contribution in [2.24, 2.45) is 0 Å². The maximum Gasteiger partial charge on any atom is 0.315 e. The summed E-state index contributed by atoms with van der Waals surface area (Å²) in [7, 11) is 0. The molecule has 1 unspecified atom stereocenters. The van der Waals surface area contributed by atoms with Crippen LogP contribution in [0.5, 0.6) is 0 Å². The molecule has 7 heteroatoms. The summed E-state index contributed by atoms with van der Waals surface area (Å²) in [6.07, 6.45) is -0.197. The number of rotatable bonds is 6. The molecule has 0 aliphatic heterocycles. The van der Waals surface area contributed by atoms with E-state index in [1.807, 2.05) is 0 Å². The van der Waals surface area contributed by atoms with Crippen molar-refractivity contribution in [3.8, 4) is 0 Å². The number of carbonyl (C=O) groups is 2. The number of halogens is 1. The Morgan fingerprint density at radius 2 is 2.11 bits per heavy atom. The zero-order valence-electron chi connectivity index (χ0n) is 10.1. The Hall–Kier alpha value is -2.15. The SMILES string of the molecule is O=C(O)CCNC(=O)NC(CO)c1cccc(F)c1. The van der Waals surface area contributed by atoms with Crippen LogP contribution in [0.25, 0.3) is 0 Å². The first kappa shape index (κ1) is 14.9. The molecule has 0 spiro atoms. The van der Waals surface area contributed by atoms with Crippen LogP contribution in [-0.4, -0.2) is 35.4 Å². The van der Waals surface area contributed by atoms with Gasteiger partial charge < -0.3 is 20.8 Å². The summed E-state index contributed by atoms with van der Waals surface area (Å²) in [4.78, 5) is 21.7. The monoisotopic (exact) mass is 270 g/mol. The predicted octanol–water partition coefficient (Wildman–Crippen LogP) is 0.633. The smallest absolute Gasteiger partial charge is 0.315 e. The lowest BCUT2D eigenvalue weighted by atomic mass is 10.1. The van der Waals surface area contributed by atoms with Gasteiger partial charge in [-0.05, 0) is 17.7 Å². The average molecular weight is 270 g/mol. The van der Waals surface area contributed by atoms with Crippen LogP contribution in [-0.2, 0) is 4.79 Å². The minimum absolute atomic E-state index is 0.0253. The van der Waals surface area contributed by atoms with E-state index in [1.165, 1.54) is 18.2 Å². The molecule has 0 heterocycles. The Balaban J connectivity index is 2.52. The molecule has 1 rings (SSSR count). The predicted molar refractivity (Wildman–Crippen MR) is 65.0 cm³/mol. The highest BCUT2D eigenvalue weighted by Gasteiger charge is 2.14. The molecule has 0 radical (unpaired) electrons. The Kier molecular flexibility index (Phi) is 5.74. The molecular formula is C12H15FN2O4. The Morgan fingerprint density at radius 3 is 2.68 bits per heavy atom. The number of aliphatic carboxylic acids is 1. The minimum Gasteiger partial charge on any atom is -0.481 e. The van der Waals surface area contributed by atoms with Crippen molar-refractivity contribution in [1.82, 2.24) is 10.6 Å². The maximum atomic E-state index is 13.0. The van der Waals surface area contributed by atoms with Crippen LogP contribution in [0.2, 0.25) is 0 Å². The van der Waals surface area contributed by atoms with Crippen molar-refractivity contribution in [1.29, 1.82) is 0 Å². The second-order valence-electron chi connectivity index (χ2n) is 3.83. The molecule has 6 nitrogen and oxygen atoms in total. The van der Waals surface area contributed by atoms with Gasteiger partial charge in [0.2, 0.25) is 0 Å². The van der Waals surface area contributed by atoms with Gasteiger partial charge in [0.25, 0.3) is 0 Å². The van der Waals surface area contributed by atoms with Crippen LogP contribution < -0.4 is 10.6 Å². The number of amides is 2. The van der Waals surface area contributed by atoms with E-state index in [-0.39, 0.29) is 13.0 Å². The molecule has 0 saturated carbocycles. The zero-order chi connectivity index (χ0) is 14.3. The lowest BCUT2D eigenvalue weighted by Gasteiger charge is -2.17. The van der Waals surface area contributed by atoms with Crippen molar-refractivity contribution in [3.05, 3.63) is 35.6 Å². The van der Waals surface area contributed by atoms with E-state index in [9.17, 15) is 19.1 Å². The molecule has 0 saturated heterocycles. The van der Waals surface area contributed by atoms with Crippen molar-refractivity contribution in [2.75, 3.05) is 13.2 Å². The van der Waals surface area contributed by atoms with Gasteiger partial charge in [-0.1, -0.05) is 12.1 Å². The van der Waals surface area contributed by atoms with Crippen LogP contribution >= 0.6 is 0 Å². The summed E-state index contributed by atoms with van der Waals surface area (Å²) >= 11 is 0. The summed E-state index contributed by atoms with van der Waals surface area (Å²) in [5.41, 5.74) is 0.427. The van der Waals surface area contributed by atoms with E-state index in [0.717, 1.165) is 0 Å². The molecule has 1 aromatic rings. The quantitative estimate of drug-likeness (QED) is 0.609. The topological polar surface area (TPSA) is 98.7 Å². The third-order valence-electron chi connectivity index (χ3n) is 2.36. The standard InChI is InChI=1S/C12H15FN2O4/c13-9-3-1-2-8(6-9)10(7-16)15-12(19)14-5-4-11(17)18/h1-3,6,10,16H,4-5,7H2,(H,17,18)(H2,14,15,19). The van der Waals surface area contributed by atoms with Crippen LogP contribution in [0, 0.1) is 5.82 Å². The second-order valence-corrected chi connectivity index (χ2v) is 3.83. The number of carboxylic acid groups (broad SMARTS) is 1. The molecule has 104 valence electrons. The molecule has 1 aromatic carbocycles. The van der Waals surface area contributed by atoms with Crippen molar-refractivity contribution in [3.63, 3.8) is 0 Å². The zero-order valence-corrected chi connectivity index (χ0v) is 10.1. The summed E-state index contributed by atoms with van der Waals surface area (Å²) in [5.74, 6) is -1.49. The highest BCUT2D eigenvalue weighted by atomic mass is 19.1. The number of hydrogen-bond donors (Lipinski definition) is 4. The Morgan fingerprint density at radius 1 is 1.37 bits per heavy atom. The fraction of sp³-hybridized carbons (Fsp3) is 0.333. The molecule has 4 N–H and O–H groups in total. The summed E-state index contributed by atoms with van der Waals surface area (Å²) in [6, 6.07) is 4.13. The first-order valence-corrected chi connectivity index (χ1v) is 5.65. The first-order valence-electron chi connectivity index (χ1n) is 5.65. The minimum atomic E-state index is -1.02. The molecule has 19 heavy (non-hydrogen) atoms. The largest absolute Gasteiger partial charge is 0.481 e. The number of carbonyl (C=O) groups excluding carboxylic acids is 1. The fourth-order valence-corrected chi connectivity index (χ4v) is 1.45. The molecule has 0 fully saturated rings. The van der Waals surface area contributed by atoms with Gasteiger partial charge in [0, 0.05) is 6.54 Å². The number of nitrogens with one attached hydrogen (secondary N) is 2. The van der Waals surface area contributed by atoms with Gasteiger partial charge in [0.15, 0.2) is 0 Å². The van der Waals surface area contributed by atoms with Gasteiger partial charge in [-0.2, -0.15) is 0 Å². The molecule has 1 atom stereocenters. The van der Waals surface area contributed by atoms with E-state index in [4.69, 9.17) is 5.11 Å². The van der Waals surface area contributed by atoms with E-state index in [0.29, 0.717) is 5.56 Å². The molecule has 0 bridgehead atoms. The van der Waals surface area contributed by atoms with E-state index >= 15 is 0 Å². The lowest BCUT2D eigenvalue weighted by Crippen LogP contribution is -2.40. The van der Waals surface area contributed by atoms with Crippen molar-refractivity contribution >= 4 is 12.0 Å². The van der Waals surface area contributed by atoms with Gasteiger partial charge in [-0.3, -0.25) is 4.79 Å². The highest BCUT2D eigenvalue weighted by Crippen LogP contribution is 2.13. The van der Waals surface area contributed by atoms with E-state index < -0.39 is 30.5 Å². The number of urea groups is 1. The summed E-state index contributed by atoms with van der Waals surface area (Å²) < 4.78 is 13.0. The van der Waals surface area contributed by atoms with Gasteiger partial charge in [0.05, 0.1) is 19.1 Å². The molecule has 0 aliphatic carbocycles. The number of aliphatic hydroxyl groups excluding tert-OH is 1. The molecule has 0 aliphatic rings. The number of carboxylic acids is 1. The summed E-state index contributed by atoms with van der Waals surface area (Å²) in [6.45, 7) is -0.418. The van der Waals surface area contributed by atoms with Crippen molar-refractivity contribution < 1.29 is 24.2 Å². The normalized spacial score (nSPS) is 11.7. The Labute approximate surface area is 109 Å². The third kappa shape index (κ3) is 5.35. The maximum absolute atomic E-state index is 13.0. The van der Waals surface area contributed by atoms with Gasteiger partial charge >= 0.3 is 12.0 Å². The molecule has 0 aromatic heterocycles. The fourth-order valence-electron chi connectivity index (χ4n) is 1.45. The lowest BCUT2D eigenvalue weighted by molar-refractivity contribution is -0.136. The van der Waals surface area contributed by atoms with Crippen LogP contribution in [0.15, 0.2) is 24.3 Å². The average Bonchev–Trinajstić information content (AvgIpc) is 2.35. The Bertz CT molecular complexity index is 453. The van der Waals surface area contributed by atoms with E-state index in [2.05, 4.69) is 10.6 Å². The van der Waals surface area contributed by atoms with Crippen LogP contribution in [0.3, 0.4) is 0 Å². The first-order chi connectivity index (χ1) is 9.02. The van der Waals surface area contributed by atoms with Gasteiger partial charge in [0.1, 0.15) is 5.82 Å².